The fraction of sp³-hybridized carbons (Fsp3) is 0.217. The number of fused-ring (bicyclic) bond motifs is 2. The molecule has 3 amide bonds. The second kappa shape index (κ2) is 7.26. The predicted octanol–water partition coefficient (Wildman–Crippen LogP) is 2.61. The Morgan fingerprint density at radius 2 is 1.93 bits per heavy atom. The number of nitrogens with one attached hydrogen (secondary N) is 2. The molecular formula is C23H20N4O3. The lowest BCUT2D eigenvalue weighted by Gasteiger charge is -2.29. The van der Waals surface area contributed by atoms with E-state index < -0.39 is 11.9 Å². The minimum Gasteiger partial charge on any atom is -0.379 e. The monoisotopic (exact) mass is 400 g/mol. The van der Waals surface area contributed by atoms with Crippen LogP contribution in [0.25, 0.3) is 10.9 Å². The zero-order valence-corrected chi connectivity index (χ0v) is 16.2. The second-order valence-electron chi connectivity index (χ2n) is 7.62. The quantitative estimate of drug-likeness (QED) is 0.657. The van der Waals surface area contributed by atoms with Gasteiger partial charge in [0.05, 0.1) is 17.8 Å². The van der Waals surface area contributed by atoms with Gasteiger partial charge in [-0.1, -0.05) is 24.3 Å². The molecule has 150 valence electrons. The Hall–Kier alpha value is -3.74. The van der Waals surface area contributed by atoms with Crippen LogP contribution < -0.4 is 10.6 Å². The molecule has 5 rings (SSSR count). The molecule has 1 unspecified atom stereocenters. The number of piperidine rings is 1. The summed E-state index contributed by atoms with van der Waals surface area (Å²) in [4.78, 5) is 42.5. The van der Waals surface area contributed by atoms with Crippen molar-refractivity contribution in [2.45, 2.75) is 32.0 Å². The molecule has 0 aliphatic carbocycles. The van der Waals surface area contributed by atoms with Crippen molar-refractivity contribution in [1.29, 1.82) is 0 Å². The molecule has 1 saturated heterocycles. The molecule has 0 radical (unpaired) electrons. The number of nitrogens with zero attached hydrogens (tertiary/aromatic N) is 2. The summed E-state index contributed by atoms with van der Waals surface area (Å²) in [5.74, 6) is -0.843. The number of imide groups is 1. The molecule has 7 nitrogen and oxygen atoms in total. The maximum absolute atomic E-state index is 12.8. The number of anilines is 1. The van der Waals surface area contributed by atoms with Crippen LogP contribution in [0.4, 0.5) is 5.69 Å². The van der Waals surface area contributed by atoms with Gasteiger partial charge in [0.1, 0.15) is 6.04 Å². The molecule has 0 bridgehead atoms. The Morgan fingerprint density at radius 3 is 2.80 bits per heavy atom. The van der Waals surface area contributed by atoms with Crippen molar-refractivity contribution in [3.05, 3.63) is 71.4 Å². The van der Waals surface area contributed by atoms with Crippen LogP contribution in [-0.2, 0) is 22.7 Å². The third-order valence-electron chi connectivity index (χ3n) is 5.65. The number of hydrogen-bond donors (Lipinski definition) is 2. The van der Waals surface area contributed by atoms with Gasteiger partial charge in [-0.25, -0.2) is 0 Å². The summed E-state index contributed by atoms with van der Waals surface area (Å²) in [6, 6.07) is 17.0. The summed E-state index contributed by atoms with van der Waals surface area (Å²) < 4.78 is 0. The van der Waals surface area contributed by atoms with Crippen molar-refractivity contribution >= 4 is 34.3 Å². The van der Waals surface area contributed by atoms with Crippen molar-refractivity contribution in [2.75, 3.05) is 5.32 Å². The lowest BCUT2D eigenvalue weighted by atomic mass is 10.0. The van der Waals surface area contributed by atoms with Crippen molar-refractivity contribution in [3.63, 3.8) is 0 Å². The van der Waals surface area contributed by atoms with Crippen molar-refractivity contribution in [1.82, 2.24) is 15.2 Å². The SMILES string of the molecule is O=C1CCC(N2Cc3cc(NCc4ccc5ccccc5n4)ccc3C2=O)C(=O)N1. The lowest BCUT2D eigenvalue weighted by molar-refractivity contribution is -0.136. The van der Waals surface area contributed by atoms with Crippen LogP contribution in [0.1, 0.15) is 34.5 Å². The molecule has 2 aliphatic rings. The number of para-hydroxylation sites is 1. The maximum atomic E-state index is 12.8. The number of amides is 3. The van der Waals surface area contributed by atoms with Crippen LogP contribution in [0.3, 0.4) is 0 Å². The standard InChI is InChI=1S/C23H20N4O3/c28-21-10-9-20(22(29)26-21)27-13-15-11-16(7-8-18(15)23(27)30)24-12-17-6-5-14-3-1-2-4-19(14)25-17/h1-8,11,20,24H,9-10,12-13H2,(H,26,28,29). The topological polar surface area (TPSA) is 91.4 Å². The number of pyridine rings is 1. The van der Waals surface area contributed by atoms with Crippen LogP contribution in [-0.4, -0.2) is 33.6 Å². The van der Waals surface area contributed by atoms with E-state index in [0.717, 1.165) is 27.8 Å². The summed E-state index contributed by atoms with van der Waals surface area (Å²) in [6.07, 6.45) is 0.616. The number of carbonyl (C=O) groups is 3. The maximum Gasteiger partial charge on any atom is 0.255 e. The molecule has 0 spiro atoms. The fourth-order valence-corrected chi connectivity index (χ4v) is 4.08. The van der Waals surface area contributed by atoms with Crippen molar-refractivity contribution in [3.8, 4) is 0 Å². The Kier molecular flexibility index (Phi) is 4.43. The van der Waals surface area contributed by atoms with E-state index in [9.17, 15) is 14.4 Å². The fourth-order valence-electron chi connectivity index (χ4n) is 4.08. The van der Waals surface area contributed by atoms with E-state index >= 15 is 0 Å². The highest BCUT2D eigenvalue weighted by molar-refractivity contribution is 6.05. The number of benzene rings is 2. The highest BCUT2D eigenvalue weighted by atomic mass is 16.2. The molecule has 7 heteroatoms. The highest BCUT2D eigenvalue weighted by Gasteiger charge is 2.39. The first-order valence-electron chi connectivity index (χ1n) is 9.94. The first-order chi connectivity index (χ1) is 14.6. The summed E-state index contributed by atoms with van der Waals surface area (Å²) in [7, 11) is 0. The van der Waals surface area contributed by atoms with Gasteiger partial charge >= 0.3 is 0 Å². The van der Waals surface area contributed by atoms with Gasteiger partial charge in [0.15, 0.2) is 0 Å². The molecule has 1 aromatic heterocycles. The summed E-state index contributed by atoms with van der Waals surface area (Å²) in [6.45, 7) is 0.929. The van der Waals surface area contributed by atoms with Gasteiger partial charge in [-0.3, -0.25) is 24.7 Å². The van der Waals surface area contributed by atoms with Crippen molar-refractivity contribution in [2.24, 2.45) is 0 Å². The largest absolute Gasteiger partial charge is 0.379 e. The van der Waals surface area contributed by atoms with Crippen LogP contribution >= 0.6 is 0 Å². The molecule has 2 N–H and O–H groups in total. The van der Waals surface area contributed by atoms with E-state index in [2.05, 4.69) is 21.7 Å². The van der Waals surface area contributed by atoms with Gasteiger partial charge in [-0.05, 0) is 42.3 Å². The molecule has 2 aliphatic heterocycles. The molecule has 0 saturated carbocycles. The van der Waals surface area contributed by atoms with E-state index in [1.165, 1.54) is 0 Å². The second-order valence-corrected chi connectivity index (χ2v) is 7.62. The van der Waals surface area contributed by atoms with E-state index in [4.69, 9.17) is 0 Å². The van der Waals surface area contributed by atoms with Crippen LogP contribution in [0.2, 0.25) is 0 Å². The Labute approximate surface area is 173 Å². The molecule has 1 atom stereocenters. The van der Waals surface area contributed by atoms with Crippen LogP contribution in [0.15, 0.2) is 54.6 Å². The van der Waals surface area contributed by atoms with Crippen LogP contribution in [0.5, 0.6) is 0 Å². The number of rotatable bonds is 4. The van der Waals surface area contributed by atoms with E-state index in [1.807, 2.05) is 42.5 Å². The average Bonchev–Trinajstić information content (AvgIpc) is 3.08. The predicted molar refractivity (Wildman–Crippen MR) is 112 cm³/mol. The zero-order valence-electron chi connectivity index (χ0n) is 16.2. The van der Waals surface area contributed by atoms with E-state index in [-0.39, 0.29) is 18.2 Å². The smallest absolute Gasteiger partial charge is 0.255 e. The Bertz CT molecular complexity index is 1190. The van der Waals surface area contributed by atoms with Gasteiger partial charge < -0.3 is 10.2 Å². The van der Waals surface area contributed by atoms with Gasteiger partial charge in [0.2, 0.25) is 11.8 Å². The minimum atomic E-state index is -0.596. The van der Waals surface area contributed by atoms with Gasteiger partial charge in [0.25, 0.3) is 5.91 Å². The minimum absolute atomic E-state index is 0.165. The molecule has 3 heterocycles. The van der Waals surface area contributed by atoms with Crippen molar-refractivity contribution < 1.29 is 14.4 Å². The Balaban J connectivity index is 1.30. The third-order valence-corrected chi connectivity index (χ3v) is 5.65. The van der Waals surface area contributed by atoms with Crippen LogP contribution in [0, 0.1) is 0 Å². The molecular weight excluding hydrogens is 380 g/mol. The summed E-state index contributed by atoms with van der Waals surface area (Å²) in [5, 5.41) is 6.79. The normalized spacial score (nSPS) is 18.5. The zero-order chi connectivity index (χ0) is 20.7. The lowest BCUT2D eigenvalue weighted by Crippen LogP contribution is -2.52. The summed E-state index contributed by atoms with van der Waals surface area (Å²) in [5.41, 5.74) is 4.25. The van der Waals surface area contributed by atoms with Gasteiger partial charge in [-0.2, -0.15) is 0 Å². The number of hydrogen-bond acceptors (Lipinski definition) is 5. The van der Waals surface area contributed by atoms with Gasteiger partial charge in [-0.15, -0.1) is 0 Å². The number of carbonyl (C=O) groups excluding carboxylic acids is 3. The summed E-state index contributed by atoms with van der Waals surface area (Å²) >= 11 is 0. The molecule has 3 aromatic rings. The highest BCUT2D eigenvalue weighted by Crippen LogP contribution is 2.29. The van der Waals surface area contributed by atoms with E-state index in [1.54, 1.807) is 11.0 Å². The first kappa shape index (κ1) is 18.3. The molecule has 2 aromatic carbocycles. The molecule has 30 heavy (non-hydrogen) atoms. The number of aromatic nitrogens is 1. The Morgan fingerprint density at radius 1 is 1.07 bits per heavy atom. The van der Waals surface area contributed by atoms with E-state index in [0.29, 0.717) is 25.1 Å². The third kappa shape index (κ3) is 3.28. The van der Waals surface area contributed by atoms with Gasteiger partial charge in [0, 0.05) is 29.6 Å². The first-order valence-corrected chi connectivity index (χ1v) is 9.94. The average molecular weight is 400 g/mol. The molecule has 1 fully saturated rings.